The maximum atomic E-state index is 5.34. The van der Waals surface area contributed by atoms with Gasteiger partial charge in [0.2, 0.25) is 0 Å². The lowest BCUT2D eigenvalue weighted by molar-refractivity contribution is 0.354. The van der Waals surface area contributed by atoms with E-state index in [1.165, 1.54) is 23.1 Å². The van der Waals surface area contributed by atoms with Gasteiger partial charge in [0.1, 0.15) is 0 Å². The van der Waals surface area contributed by atoms with Gasteiger partial charge in [-0.15, -0.1) is 0 Å². The molecule has 0 aliphatic heterocycles. The van der Waals surface area contributed by atoms with Gasteiger partial charge in [-0.1, -0.05) is 42.0 Å². The molecule has 0 aromatic heterocycles. The monoisotopic (exact) mass is 298 g/mol. The first-order valence-corrected chi connectivity index (χ1v) is 7.86. The molecule has 0 bridgehead atoms. The molecule has 2 nitrogen and oxygen atoms in total. The number of benzene rings is 1. The molecular weight excluding hydrogens is 272 g/mol. The van der Waals surface area contributed by atoms with Crippen LogP contribution >= 0.6 is 0 Å². The molecule has 0 N–H and O–H groups in total. The topological polar surface area (TPSA) is 18.5 Å². The maximum absolute atomic E-state index is 5.34. The predicted octanol–water partition coefficient (Wildman–Crippen LogP) is 5.11. The van der Waals surface area contributed by atoms with Crippen LogP contribution in [0.25, 0.3) is 0 Å². The molecule has 22 heavy (non-hydrogen) atoms. The van der Waals surface area contributed by atoms with Gasteiger partial charge in [0.25, 0.3) is 0 Å². The molecule has 1 aromatic carbocycles. The summed E-state index contributed by atoms with van der Waals surface area (Å²) in [5, 5.41) is 0. The van der Waals surface area contributed by atoms with Crippen molar-refractivity contribution >= 4 is 0 Å². The van der Waals surface area contributed by atoms with E-state index in [1.54, 1.807) is 14.2 Å². The fourth-order valence-electron chi connectivity index (χ4n) is 2.81. The van der Waals surface area contributed by atoms with E-state index >= 15 is 0 Å². The molecule has 1 aliphatic rings. The van der Waals surface area contributed by atoms with Crippen LogP contribution in [0.3, 0.4) is 0 Å². The second kappa shape index (κ2) is 7.88. The van der Waals surface area contributed by atoms with Gasteiger partial charge in [-0.25, -0.2) is 0 Å². The van der Waals surface area contributed by atoms with Gasteiger partial charge in [-0.2, -0.15) is 0 Å². The zero-order valence-corrected chi connectivity index (χ0v) is 13.9. The first kappa shape index (κ1) is 16.4. The highest BCUT2D eigenvalue weighted by Crippen LogP contribution is 2.29. The molecule has 0 amide bonds. The molecule has 0 spiro atoms. The summed E-state index contributed by atoms with van der Waals surface area (Å²) in [5.41, 5.74) is 3.98. The SMILES string of the molecule is C=C(C)C1CC=C(C=CCc2ccc(OC)c(OC)c2)CC1. The van der Waals surface area contributed by atoms with E-state index in [1.807, 2.05) is 12.1 Å². The van der Waals surface area contributed by atoms with E-state index in [0.717, 1.165) is 30.8 Å². The van der Waals surface area contributed by atoms with E-state index < -0.39 is 0 Å². The molecule has 1 aliphatic carbocycles. The summed E-state index contributed by atoms with van der Waals surface area (Å²) in [5.74, 6) is 2.23. The van der Waals surface area contributed by atoms with Crippen molar-refractivity contribution in [2.75, 3.05) is 14.2 Å². The Labute approximate surface area is 134 Å². The lowest BCUT2D eigenvalue weighted by Gasteiger charge is -2.20. The Balaban J connectivity index is 1.94. The van der Waals surface area contributed by atoms with Crippen molar-refractivity contribution < 1.29 is 9.47 Å². The molecule has 1 unspecified atom stereocenters. The summed E-state index contributed by atoms with van der Waals surface area (Å²) in [6, 6.07) is 6.08. The van der Waals surface area contributed by atoms with Crippen molar-refractivity contribution in [3.05, 3.63) is 59.7 Å². The quantitative estimate of drug-likeness (QED) is 0.680. The lowest BCUT2D eigenvalue weighted by Crippen LogP contribution is -2.05. The fourth-order valence-corrected chi connectivity index (χ4v) is 2.81. The molecule has 2 heteroatoms. The Bertz CT molecular complexity index is 581. The smallest absolute Gasteiger partial charge is 0.160 e. The molecule has 1 atom stereocenters. The standard InChI is InChI=1S/C20H26O2/c1-15(2)18-11-8-16(9-12-18)6-5-7-17-10-13-19(21-3)20(14-17)22-4/h5-6,8,10,13-14,18H,1,7,9,11-12H2,2-4H3. The summed E-state index contributed by atoms with van der Waals surface area (Å²) in [6.07, 6.45) is 11.3. The van der Waals surface area contributed by atoms with Crippen LogP contribution in [0.5, 0.6) is 11.5 Å². The Morgan fingerprint density at radius 2 is 2.05 bits per heavy atom. The van der Waals surface area contributed by atoms with E-state index in [-0.39, 0.29) is 0 Å². The number of ether oxygens (including phenoxy) is 2. The second-order valence-corrected chi connectivity index (χ2v) is 5.89. The minimum atomic E-state index is 0.669. The summed E-state index contributed by atoms with van der Waals surface area (Å²) >= 11 is 0. The molecule has 0 fully saturated rings. The zero-order chi connectivity index (χ0) is 15.9. The van der Waals surface area contributed by atoms with E-state index in [9.17, 15) is 0 Å². The van der Waals surface area contributed by atoms with Crippen molar-refractivity contribution in [3.63, 3.8) is 0 Å². The van der Waals surface area contributed by atoms with Crippen molar-refractivity contribution in [2.45, 2.75) is 32.6 Å². The minimum absolute atomic E-state index is 0.669. The Morgan fingerprint density at radius 1 is 1.27 bits per heavy atom. The van der Waals surface area contributed by atoms with Crippen LogP contribution in [0.4, 0.5) is 0 Å². The molecule has 2 rings (SSSR count). The lowest BCUT2D eigenvalue weighted by atomic mass is 9.85. The van der Waals surface area contributed by atoms with Crippen LogP contribution in [-0.2, 0) is 6.42 Å². The van der Waals surface area contributed by atoms with Gasteiger partial charge in [0.05, 0.1) is 14.2 Å². The Hall–Kier alpha value is -1.96. The second-order valence-electron chi connectivity index (χ2n) is 5.89. The average molecular weight is 298 g/mol. The third kappa shape index (κ3) is 4.27. The van der Waals surface area contributed by atoms with Gasteiger partial charge in [-0.3, -0.25) is 0 Å². The zero-order valence-electron chi connectivity index (χ0n) is 13.9. The van der Waals surface area contributed by atoms with Crippen LogP contribution in [0.1, 0.15) is 31.7 Å². The fraction of sp³-hybridized carbons (Fsp3) is 0.400. The van der Waals surface area contributed by atoms with Crippen LogP contribution in [0, 0.1) is 5.92 Å². The predicted molar refractivity (Wildman–Crippen MR) is 92.6 cm³/mol. The largest absolute Gasteiger partial charge is 0.493 e. The van der Waals surface area contributed by atoms with Crippen molar-refractivity contribution in [2.24, 2.45) is 5.92 Å². The summed E-state index contributed by atoms with van der Waals surface area (Å²) in [6.45, 7) is 6.20. The number of allylic oxidation sites excluding steroid dienone is 5. The van der Waals surface area contributed by atoms with Crippen molar-refractivity contribution in [3.8, 4) is 11.5 Å². The van der Waals surface area contributed by atoms with Gasteiger partial charge in [0.15, 0.2) is 11.5 Å². The first-order chi connectivity index (χ1) is 10.6. The Kier molecular flexibility index (Phi) is 5.88. The molecule has 0 heterocycles. The number of hydrogen-bond donors (Lipinski definition) is 0. The molecule has 1 aromatic rings. The molecule has 0 saturated heterocycles. The number of methoxy groups -OCH3 is 2. The maximum Gasteiger partial charge on any atom is 0.160 e. The molecule has 0 radical (unpaired) electrons. The molecule has 118 valence electrons. The van der Waals surface area contributed by atoms with E-state index in [2.05, 4.69) is 37.8 Å². The first-order valence-electron chi connectivity index (χ1n) is 7.86. The molecule has 0 saturated carbocycles. The summed E-state index contributed by atoms with van der Waals surface area (Å²) in [4.78, 5) is 0. The number of rotatable bonds is 6. The van der Waals surface area contributed by atoms with Gasteiger partial charge in [-0.05, 0) is 56.2 Å². The summed E-state index contributed by atoms with van der Waals surface area (Å²) in [7, 11) is 3.33. The normalized spacial score (nSPS) is 18.1. The van der Waals surface area contributed by atoms with Gasteiger partial charge >= 0.3 is 0 Å². The summed E-state index contributed by atoms with van der Waals surface area (Å²) < 4.78 is 10.6. The third-order valence-electron chi connectivity index (χ3n) is 4.28. The minimum Gasteiger partial charge on any atom is -0.493 e. The number of hydrogen-bond acceptors (Lipinski definition) is 2. The highest BCUT2D eigenvalue weighted by Gasteiger charge is 2.13. The third-order valence-corrected chi connectivity index (χ3v) is 4.28. The van der Waals surface area contributed by atoms with Crippen molar-refractivity contribution in [1.29, 1.82) is 0 Å². The highest BCUT2D eigenvalue weighted by molar-refractivity contribution is 5.43. The van der Waals surface area contributed by atoms with Crippen LogP contribution in [0.15, 0.2) is 54.2 Å². The van der Waals surface area contributed by atoms with E-state index in [4.69, 9.17) is 9.47 Å². The van der Waals surface area contributed by atoms with Crippen LogP contribution < -0.4 is 9.47 Å². The van der Waals surface area contributed by atoms with Crippen LogP contribution in [-0.4, -0.2) is 14.2 Å². The Morgan fingerprint density at radius 3 is 2.64 bits per heavy atom. The van der Waals surface area contributed by atoms with Gasteiger partial charge < -0.3 is 9.47 Å². The molecular formula is C20H26O2. The average Bonchev–Trinajstić information content (AvgIpc) is 2.55. The van der Waals surface area contributed by atoms with Crippen molar-refractivity contribution in [1.82, 2.24) is 0 Å². The van der Waals surface area contributed by atoms with Gasteiger partial charge in [0, 0.05) is 0 Å². The highest BCUT2D eigenvalue weighted by atomic mass is 16.5. The van der Waals surface area contributed by atoms with Crippen LogP contribution in [0.2, 0.25) is 0 Å². The van der Waals surface area contributed by atoms with E-state index in [0.29, 0.717) is 5.92 Å².